The third-order valence-electron chi connectivity index (χ3n) is 4.93. The van der Waals surface area contributed by atoms with E-state index in [0.29, 0.717) is 12.5 Å². The fraction of sp³-hybridized carbons (Fsp3) is 0.706. The van der Waals surface area contributed by atoms with Gasteiger partial charge < -0.3 is 15.5 Å². The van der Waals surface area contributed by atoms with Crippen LogP contribution in [0.5, 0.6) is 0 Å². The summed E-state index contributed by atoms with van der Waals surface area (Å²) in [6, 6.07) is 4.21. The van der Waals surface area contributed by atoms with Crippen molar-refractivity contribution < 1.29 is 4.42 Å². The number of hydrogen-bond acceptors (Lipinski definition) is 3. The van der Waals surface area contributed by atoms with Gasteiger partial charge in [-0.3, -0.25) is 9.89 Å². The van der Waals surface area contributed by atoms with E-state index in [9.17, 15) is 0 Å². The molecule has 1 aliphatic carbocycles. The fourth-order valence-electron chi connectivity index (χ4n) is 3.28. The number of nitrogens with zero attached hydrogens (tertiary/aromatic N) is 2. The average molecular weight is 304 g/mol. The Bertz CT molecular complexity index is 461. The van der Waals surface area contributed by atoms with Crippen molar-refractivity contribution in [2.75, 3.05) is 26.2 Å². The van der Waals surface area contributed by atoms with Gasteiger partial charge in [-0.15, -0.1) is 0 Å². The standard InChI is InChI=1S/C17H28N4O/c18-17(19-12-14-6-4-7-14)20-13-15(16-8-5-11-22-16)21-9-2-1-3-10-21/h5,8,11,14-15H,1-4,6-7,9-10,12-13H2,(H3,18,19,20). The van der Waals surface area contributed by atoms with Crippen molar-refractivity contribution in [3.05, 3.63) is 24.2 Å². The lowest BCUT2D eigenvalue weighted by Gasteiger charge is -2.32. The predicted molar refractivity (Wildman–Crippen MR) is 88.7 cm³/mol. The predicted octanol–water partition coefficient (Wildman–Crippen LogP) is 2.51. The largest absolute Gasteiger partial charge is 0.468 e. The average Bonchev–Trinajstić information content (AvgIpc) is 3.01. The second-order valence-electron chi connectivity index (χ2n) is 6.53. The number of hydrogen-bond donors (Lipinski definition) is 2. The number of likely N-dealkylation sites (tertiary alicyclic amines) is 1. The van der Waals surface area contributed by atoms with Crippen molar-refractivity contribution in [3.8, 4) is 0 Å². The highest BCUT2D eigenvalue weighted by Gasteiger charge is 2.24. The maximum absolute atomic E-state index is 6.02. The SMILES string of the molecule is NC(=NCC(c1ccco1)N1CCCCC1)NCC1CCC1. The first kappa shape index (κ1) is 15.4. The van der Waals surface area contributed by atoms with Gasteiger partial charge in [0.25, 0.3) is 0 Å². The molecular formula is C17H28N4O. The van der Waals surface area contributed by atoms with Crippen LogP contribution in [0.4, 0.5) is 0 Å². The van der Waals surface area contributed by atoms with Crippen LogP contribution in [0.25, 0.3) is 0 Å². The van der Waals surface area contributed by atoms with E-state index in [1.165, 1.54) is 38.5 Å². The Morgan fingerprint density at radius 2 is 2.14 bits per heavy atom. The summed E-state index contributed by atoms with van der Waals surface area (Å²) in [5.74, 6) is 2.36. The lowest BCUT2D eigenvalue weighted by atomic mass is 9.85. The molecule has 3 rings (SSSR count). The van der Waals surface area contributed by atoms with Gasteiger partial charge in [0.2, 0.25) is 0 Å². The summed E-state index contributed by atoms with van der Waals surface area (Å²) in [5, 5.41) is 3.27. The van der Waals surface area contributed by atoms with Crippen LogP contribution in [0, 0.1) is 5.92 Å². The maximum atomic E-state index is 6.02. The molecule has 1 aromatic heterocycles. The molecule has 22 heavy (non-hydrogen) atoms. The van der Waals surface area contributed by atoms with E-state index >= 15 is 0 Å². The lowest BCUT2D eigenvalue weighted by molar-refractivity contribution is 0.150. The molecule has 1 aliphatic heterocycles. The lowest BCUT2D eigenvalue weighted by Crippen LogP contribution is -2.39. The minimum atomic E-state index is 0.208. The molecule has 5 heteroatoms. The second-order valence-corrected chi connectivity index (χ2v) is 6.53. The number of nitrogens with two attached hydrogens (primary N) is 1. The number of nitrogens with one attached hydrogen (secondary N) is 1. The van der Waals surface area contributed by atoms with Gasteiger partial charge in [-0.1, -0.05) is 12.8 Å². The molecule has 0 radical (unpaired) electrons. The number of rotatable bonds is 6. The molecule has 0 aromatic carbocycles. The monoisotopic (exact) mass is 304 g/mol. The maximum Gasteiger partial charge on any atom is 0.188 e. The molecule has 2 aliphatic rings. The van der Waals surface area contributed by atoms with Crippen LogP contribution in [-0.2, 0) is 0 Å². The summed E-state index contributed by atoms with van der Waals surface area (Å²) in [5.41, 5.74) is 6.02. The molecule has 5 nitrogen and oxygen atoms in total. The molecule has 122 valence electrons. The Labute approximate surface area is 133 Å². The van der Waals surface area contributed by atoms with E-state index in [-0.39, 0.29) is 6.04 Å². The van der Waals surface area contributed by atoms with Crippen LogP contribution in [-0.4, -0.2) is 37.0 Å². The summed E-state index contributed by atoms with van der Waals surface area (Å²) >= 11 is 0. The highest BCUT2D eigenvalue weighted by Crippen LogP contribution is 2.26. The van der Waals surface area contributed by atoms with Crippen LogP contribution in [0.1, 0.15) is 50.3 Å². The van der Waals surface area contributed by atoms with Crippen molar-refractivity contribution in [2.24, 2.45) is 16.6 Å². The first-order chi connectivity index (χ1) is 10.8. The van der Waals surface area contributed by atoms with Gasteiger partial charge >= 0.3 is 0 Å². The molecule has 2 heterocycles. The summed E-state index contributed by atoms with van der Waals surface area (Å²) < 4.78 is 5.63. The van der Waals surface area contributed by atoms with Crippen LogP contribution < -0.4 is 11.1 Å². The number of aliphatic imine (C=N–C) groups is 1. The van der Waals surface area contributed by atoms with E-state index in [0.717, 1.165) is 31.3 Å². The van der Waals surface area contributed by atoms with E-state index in [4.69, 9.17) is 10.2 Å². The van der Waals surface area contributed by atoms with Crippen LogP contribution in [0.2, 0.25) is 0 Å². The number of furan rings is 1. The van der Waals surface area contributed by atoms with Gasteiger partial charge in [0.1, 0.15) is 5.76 Å². The molecule has 2 fully saturated rings. The summed E-state index contributed by atoms with van der Waals surface area (Å²) in [4.78, 5) is 7.04. The quantitative estimate of drug-likeness (QED) is 0.626. The van der Waals surface area contributed by atoms with Crippen molar-refractivity contribution in [1.29, 1.82) is 0 Å². The van der Waals surface area contributed by atoms with Gasteiger partial charge in [-0.05, 0) is 56.8 Å². The third-order valence-corrected chi connectivity index (χ3v) is 4.93. The molecular weight excluding hydrogens is 276 g/mol. The molecule has 1 saturated carbocycles. The van der Waals surface area contributed by atoms with E-state index in [1.54, 1.807) is 6.26 Å². The highest BCUT2D eigenvalue weighted by atomic mass is 16.3. The van der Waals surface area contributed by atoms with Crippen molar-refractivity contribution in [2.45, 2.75) is 44.6 Å². The zero-order chi connectivity index (χ0) is 15.2. The molecule has 3 N–H and O–H groups in total. The van der Waals surface area contributed by atoms with Crippen LogP contribution >= 0.6 is 0 Å². The Morgan fingerprint density at radius 3 is 2.77 bits per heavy atom. The topological polar surface area (TPSA) is 66.8 Å². The first-order valence-electron chi connectivity index (χ1n) is 8.64. The Hall–Kier alpha value is -1.49. The van der Waals surface area contributed by atoms with E-state index in [1.807, 2.05) is 12.1 Å². The minimum absolute atomic E-state index is 0.208. The molecule has 1 unspecified atom stereocenters. The van der Waals surface area contributed by atoms with Crippen molar-refractivity contribution >= 4 is 5.96 Å². The van der Waals surface area contributed by atoms with Crippen LogP contribution in [0.3, 0.4) is 0 Å². The van der Waals surface area contributed by atoms with Gasteiger partial charge in [0.15, 0.2) is 5.96 Å². The third kappa shape index (κ3) is 4.03. The number of piperidine rings is 1. The Kier molecular flexibility index (Phi) is 5.38. The Morgan fingerprint density at radius 1 is 1.32 bits per heavy atom. The molecule has 0 spiro atoms. The smallest absolute Gasteiger partial charge is 0.188 e. The summed E-state index contributed by atoms with van der Waals surface area (Å²) in [6.45, 7) is 3.87. The zero-order valence-corrected chi connectivity index (χ0v) is 13.3. The van der Waals surface area contributed by atoms with Gasteiger partial charge in [-0.25, -0.2) is 0 Å². The van der Waals surface area contributed by atoms with Gasteiger partial charge in [0, 0.05) is 6.54 Å². The molecule has 1 atom stereocenters. The van der Waals surface area contributed by atoms with Crippen molar-refractivity contribution in [3.63, 3.8) is 0 Å². The first-order valence-corrected chi connectivity index (χ1v) is 8.64. The molecule has 1 saturated heterocycles. The molecule has 1 aromatic rings. The van der Waals surface area contributed by atoms with Gasteiger partial charge in [-0.2, -0.15) is 0 Å². The van der Waals surface area contributed by atoms with Crippen LogP contribution in [0.15, 0.2) is 27.8 Å². The number of guanidine groups is 1. The summed E-state index contributed by atoms with van der Waals surface area (Å²) in [7, 11) is 0. The van der Waals surface area contributed by atoms with Crippen molar-refractivity contribution in [1.82, 2.24) is 10.2 Å². The minimum Gasteiger partial charge on any atom is -0.468 e. The van der Waals surface area contributed by atoms with Gasteiger partial charge in [0.05, 0.1) is 18.8 Å². The summed E-state index contributed by atoms with van der Waals surface area (Å²) in [6.07, 6.45) is 9.60. The zero-order valence-electron chi connectivity index (χ0n) is 13.3. The van der Waals surface area contributed by atoms with E-state index < -0.39 is 0 Å². The normalized spacial score (nSPS) is 22.3. The second kappa shape index (κ2) is 7.68. The molecule has 0 bridgehead atoms. The fourth-order valence-corrected chi connectivity index (χ4v) is 3.28. The van der Waals surface area contributed by atoms with E-state index in [2.05, 4.69) is 15.2 Å². The highest BCUT2D eigenvalue weighted by molar-refractivity contribution is 5.77. The Balaban J connectivity index is 1.56. The molecule has 0 amide bonds.